The van der Waals surface area contributed by atoms with Crippen molar-refractivity contribution in [3.8, 4) is 22.3 Å². The molecule has 0 atom stereocenters. The highest BCUT2D eigenvalue weighted by Gasteiger charge is 2.48. The molecule has 0 aliphatic heterocycles. The number of para-hydroxylation sites is 2. The van der Waals surface area contributed by atoms with Gasteiger partial charge in [-0.25, -0.2) is 0 Å². The first-order chi connectivity index (χ1) is 35.0. The molecule has 0 saturated heterocycles. The van der Waals surface area contributed by atoms with Crippen LogP contribution in [-0.2, 0) is 16.2 Å². The van der Waals surface area contributed by atoms with E-state index in [1.54, 1.807) is 0 Å². The normalized spacial score (nSPS) is 15.4. The number of rotatable bonds is 7. The Balaban J connectivity index is 0.966. The zero-order valence-electron chi connectivity index (χ0n) is 41.8. The maximum atomic E-state index is 2.60. The van der Waals surface area contributed by atoms with Crippen molar-refractivity contribution in [3.05, 3.63) is 280 Å². The Kier molecular flexibility index (Phi) is 9.09. The summed E-state index contributed by atoms with van der Waals surface area (Å²) >= 11 is 0. The molecule has 0 fully saturated rings. The fourth-order valence-electron chi connectivity index (χ4n) is 13.5. The summed E-state index contributed by atoms with van der Waals surface area (Å²) in [6, 6.07) is 85.1. The molecule has 14 rings (SSSR count). The Hall–Kier alpha value is -8.26. The van der Waals surface area contributed by atoms with Crippen LogP contribution in [0.2, 0.25) is 0 Å². The van der Waals surface area contributed by atoms with E-state index in [1.165, 1.54) is 121 Å². The molecule has 0 saturated carbocycles. The van der Waals surface area contributed by atoms with Gasteiger partial charge in [0.2, 0.25) is 0 Å². The standard InChI is InChI=1S/C71H55N/c1-44(47-29-30-49-40-56(35-32-48(49)38-47)72(54-19-9-7-10-20-54)55-21-11-8-12-22-55)45(2)51-39-50-31-28-46-18-17-27-63-67(46)68(50)66(41-51)71(63,52-33-36-59-57-23-13-15-25-61(57)69(3,4)64(59)42-52)53-34-37-60-58-24-14-16-26-62(58)70(5,6)65(60)43-53/h7-43H,1-6H3. The van der Waals surface area contributed by atoms with Gasteiger partial charge in [0.25, 0.3) is 0 Å². The van der Waals surface area contributed by atoms with Gasteiger partial charge in [-0.2, -0.15) is 0 Å². The number of allylic oxidation sites excluding steroid dienone is 2. The first kappa shape index (κ1) is 42.6. The number of fused-ring (bicyclic) bond motifs is 7. The Bertz CT molecular complexity index is 3960. The van der Waals surface area contributed by atoms with E-state index >= 15 is 0 Å². The minimum Gasteiger partial charge on any atom is -0.310 e. The predicted molar refractivity (Wildman–Crippen MR) is 305 cm³/mol. The second-order valence-corrected chi connectivity index (χ2v) is 21.7. The molecule has 1 heteroatoms. The summed E-state index contributed by atoms with van der Waals surface area (Å²) in [5.74, 6) is 0. The minimum absolute atomic E-state index is 0.152. The van der Waals surface area contributed by atoms with Crippen molar-refractivity contribution >= 4 is 60.5 Å². The number of nitrogens with zero attached hydrogens (tertiary/aromatic N) is 1. The first-order valence-electron chi connectivity index (χ1n) is 25.7. The van der Waals surface area contributed by atoms with Crippen LogP contribution in [0.3, 0.4) is 0 Å². The van der Waals surface area contributed by atoms with Crippen molar-refractivity contribution in [1.29, 1.82) is 0 Å². The van der Waals surface area contributed by atoms with Crippen LogP contribution in [0.5, 0.6) is 0 Å². The third-order valence-corrected chi connectivity index (χ3v) is 17.3. The second-order valence-electron chi connectivity index (χ2n) is 21.7. The third-order valence-electron chi connectivity index (χ3n) is 17.3. The molecule has 344 valence electrons. The lowest BCUT2D eigenvalue weighted by Gasteiger charge is -2.36. The van der Waals surface area contributed by atoms with Gasteiger partial charge in [-0.1, -0.05) is 198 Å². The molecule has 0 N–H and O–H groups in total. The molecule has 0 bridgehead atoms. The number of anilines is 3. The second kappa shape index (κ2) is 15.4. The molecule has 72 heavy (non-hydrogen) atoms. The van der Waals surface area contributed by atoms with Gasteiger partial charge in [0.05, 0.1) is 5.41 Å². The van der Waals surface area contributed by atoms with Gasteiger partial charge in [-0.3, -0.25) is 0 Å². The topological polar surface area (TPSA) is 3.24 Å². The van der Waals surface area contributed by atoms with E-state index in [0.29, 0.717) is 0 Å². The SMILES string of the molecule is CC(=C(C)c1cc2c3c(ccc4cccc(c43)C2(c2ccc3c(c2)C(C)(C)c2ccccc2-3)c2ccc3c(c2)C(C)(C)c2ccccc2-3)c1)c1ccc2cc(N(c3ccccc3)c3ccccc3)ccc2c1. The Morgan fingerprint density at radius 1 is 0.306 bits per heavy atom. The van der Waals surface area contributed by atoms with Crippen LogP contribution in [0.25, 0.3) is 65.7 Å². The van der Waals surface area contributed by atoms with Crippen LogP contribution < -0.4 is 4.90 Å². The Morgan fingerprint density at radius 2 is 0.778 bits per heavy atom. The monoisotopic (exact) mass is 921 g/mol. The van der Waals surface area contributed by atoms with E-state index in [0.717, 1.165) is 17.1 Å². The highest BCUT2D eigenvalue weighted by Crippen LogP contribution is 2.60. The Morgan fingerprint density at radius 3 is 1.40 bits per heavy atom. The molecule has 0 unspecified atom stereocenters. The van der Waals surface area contributed by atoms with Crippen LogP contribution in [-0.4, -0.2) is 0 Å². The fraction of sp³-hybridized carbons (Fsp3) is 0.127. The zero-order chi connectivity index (χ0) is 48.7. The van der Waals surface area contributed by atoms with E-state index < -0.39 is 5.41 Å². The van der Waals surface area contributed by atoms with Crippen LogP contribution in [0.15, 0.2) is 224 Å². The number of benzene rings is 11. The predicted octanol–water partition coefficient (Wildman–Crippen LogP) is 18.9. The van der Waals surface area contributed by atoms with Gasteiger partial charge in [0.1, 0.15) is 0 Å². The molecule has 0 radical (unpaired) electrons. The first-order valence-corrected chi connectivity index (χ1v) is 25.7. The van der Waals surface area contributed by atoms with E-state index in [-0.39, 0.29) is 10.8 Å². The summed E-state index contributed by atoms with van der Waals surface area (Å²) in [5.41, 5.74) is 23.9. The average Bonchev–Trinajstić information content (AvgIpc) is 3.95. The zero-order valence-corrected chi connectivity index (χ0v) is 41.8. The highest BCUT2D eigenvalue weighted by atomic mass is 15.1. The summed E-state index contributed by atoms with van der Waals surface area (Å²) in [7, 11) is 0. The van der Waals surface area contributed by atoms with Crippen molar-refractivity contribution in [3.63, 3.8) is 0 Å². The van der Waals surface area contributed by atoms with Crippen molar-refractivity contribution in [2.24, 2.45) is 0 Å². The van der Waals surface area contributed by atoms with E-state index in [2.05, 4.69) is 271 Å². The van der Waals surface area contributed by atoms with Crippen LogP contribution in [0, 0.1) is 0 Å². The van der Waals surface area contributed by atoms with Gasteiger partial charge >= 0.3 is 0 Å². The molecule has 3 aliphatic rings. The summed E-state index contributed by atoms with van der Waals surface area (Å²) in [6.45, 7) is 14.3. The summed E-state index contributed by atoms with van der Waals surface area (Å²) in [5, 5.41) is 7.74. The van der Waals surface area contributed by atoms with Crippen molar-refractivity contribution < 1.29 is 0 Å². The van der Waals surface area contributed by atoms with E-state index in [9.17, 15) is 0 Å². The van der Waals surface area contributed by atoms with Gasteiger partial charge < -0.3 is 4.90 Å². The molecule has 3 aliphatic carbocycles. The molecule has 11 aromatic carbocycles. The molecule has 11 aromatic rings. The summed E-state index contributed by atoms with van der Waals surface area (Å²) in [4.78, 5) is 2.34. The van der Waals surface area contributed by atoms with Gasteiger partial charge in [-0.05, 0) is 190 Å². The van der Waals surface area contributed by atoms with Crippen LogP contribution in [0.1, 0.15) is 97.2 Å². The van der Waals surface area contributed by atoms with Crippen LogP contribution >= 0.6 is 0 Å². The highest BCUT2D eigenvalue weighted by molar-refractivity contribution is 6.17. The molecule has 0 spiro atoms. The van der Waals surface area contributed by atoms with Crippen molar-refractivity contribution in [1.82, 2.24) is 0 Å². The Labute approximate surface area is 423 Å². The lowest BCUT2D eigenvalue weighted by Crippen LogP contribution is -2.30. The fourth-order valence-corrected chi connectivity index (χ4v) is 13.5. The molecule has 1 nitrogen and oxygen atoms in total. The van der Waals surface area contributed by atoms with Gasteiger partial charge in [0, 0.05) is 27.9 Å². The molecule has 0 amide bonds. The maximum absolute atomic E-state index is 2.60. The molecule has 0 aromatic heterocycles. The molecule has 0 heterocycles. The molecular weight excluding hydrogens is 867 g/mol. The summed E-state index contributed by atoms with van der Waals surface area (Å²) in [6.07, 6.45) is 0. The lowest BCUT2D eigenvalue weighted by molar-refractivity contribution is 0.651. The van der Waals surface area contributed by atoms with Crippen molar-refractivity contribution in [2.75, 3.05) is 4.90 Å². The smallest absolute Gasteiger partial charge is 0.0714 e. The quantitative estimate of drug-likeness (QED) is 0.114. The third kappa shape index (κ3) is 5.88. The lowest BCUT2D eigenvalue weighted by atomic mass is 9.65. The van der Waals surface area contributed by atoms with E-state index in [1.807, 2.05) is 0 Å². The largest absolute Gasteiger partial charge is 0.310 e. The maximum Gasteiger partial charge on any atom is 0.0714 e. The summed E-state index contributed by atoms with van der Waals surface area (Å²) < 4.78 is 0. The average molecular weight is 922 g/mol. The van der Waals surface area contributed by atoms with Crippen molar-refractivity contribution in [2.45, 2.75) is 57.8 Å². The van der Waals surface area contributed by atoms with E-state index in [4.69, 9.17) is 0 Å². The number of hydrogen-bond acceptors (Lipinski definition) is 1. The molecular formula is C71H55N. The minimum atomic E-state index is -0.598. The van der Waals surface area contributed by atoms with Gasteiger partial charge in [0.15, 0.2) is 0 Å². The van der Waals surface area contributed by atoms with Gasteiger partial charge in [-0.15, -0.1) is 0 Å². The number of hydrogen-bond donors (Lipinski definition) is 0. The van der Waals surface area contributed by atoms with Crippen LogP contribution in [0.4, 0.5) is 17.1 Å².